The highest BCUT2D eigenvalue weighted by molar-refractivity contribution is 5.91. The summed E-state index contributed by atoms with van der Waals surface area (Å²) in [6.45, 7) is 1.67. The number of nitrogens with one attached hydrogen (secondary N) is 1. The van der Waals surface area contributed by atoms with E-state index in [0.717, 1.165) is 12.8 Å². The monoisotopic (exact) mass is 268 g/mol. The molecule has 0 aliphatic carbocycles. The zero-order valence-electron chi connectivity index (χ0n) is 10.8. The van der Waals surface area contributed by atoms with Gasteiger partial charge in [-0.05, 0) is 12.8 Å². The standard InChI is InChI=1S/C12H20N4O3/c13-5-7-16-8-10(15-9-16)12(19)14-6-3-1-2-4-11(17)18/h8-9H,1-7,13H2,(H,14,19)(H,17,18). The van der Waals surface area contributed by atoms with Crippen LogP contribution in [0.5, 0.6) is 0 Å². The number of amides is 1. The van der Waals surface area contributed by atoms with E-state index in [4.69, 9.17) is 10.8 Å². The second-order valence-corrected chi connectivity index (χ2v) is 4.25. The van der Waals surface area contributed by atoms with Gasteiger partial charge in [-0.2, -0.15) is 0 Å². The third-order valence-corrected chi connectivity index (χ3v) is 2.61. The summed E-state index contributed by atoms with van der Waals surface area (Å²) >= 11 is 0. The smallest absolute Gasteiger partial charge is 0.303 e. The molecule has 7 nitrogen and oxygen atoms in total. The van der Waals surface area contributed by atoms with Crippen molar-refractivity contribution in [3.63, 3.8) is 0 Å². The lowest BCUT2D eigenvalue weighted by atomic mass is 10.2. The molecule has 0 aliphatic heterocycles. The lowest BCUT2D eigenvalue weighted by Gasteiger charge is -2.02. The fourth-order valence-electron chi connectivity index (χ4n) is 1.62. The van der Waals surface area contributed by atoms with Gasteiger partial charge in [-0.1, -0.05) is 6.42 Å². The summed E-state index contributed by atoms with van der Waals surface area (Å²) in [5, 5.41) is 11.2. The molecule has 19 heavy (non-hydrogen) atoms. The van der Waals surface area contributed by atoms with Crippen LogP contribution in [0.1, 0.15) is 36.2 Å². The highest BCUT2D eigenvalue weighted by Crippen LogP contribution is 2.00. The van der Waals surface area contributed by atoms with Gasteiger partial charge in [0.15, 0.2) is 0 Å². The Kier molecular flexibility index (Phi) is 6.59. The average molecular weight is 268 g/mol. The second kappa shape index (κ2) is 8.25. The van der Waals surface area contributed by atoms with Crippen molar-refractivity contribution in [1.82, 2.24) is 14.9 Å². The van der Waals surface area contributed by atoms with Gasteiger partial charge in [0, 0.05) is 32.3 Å². The van der Waals surface area contributed by atoms with Gasteiger partial charge in [-0.15, -0.1) is 0 Å². The van der Waals surface area contributed by atoms with E-state index < -0.39 is 5.97 Å². The van der Waals surface area contributed by atoms with Crippen molar-refractivity contribution >= 4 is 11.9 Å². The van der Waals surface area contributed by atoms with E-state index in [0.29, 0.717) is 31.7 Å². The van der Waals surface area contributed by atoms with Gasteiger partial charge in [0.25, 0.3) is 5.91 Å². The fourth-order valence-corrected chi connectivity index (χ4v) is 1.62. The molecule has 1 aromatic heterocycles. The summed E-state index contributed by atoms with van der Waals surface area (Å²) in [6, 6.07) is 0. The zero-order valence-corrected chi connectivity index (χ0v) is 10.8. The van der Waals surface area contributed by atoms with E-state index in [1.807, 2.05) is 0 Å². The molecule has 0 radical (unpaired) electrons. The predicted molar refractivity (Wildman–Crippen MR) is 69.7 cm³/mol. The number of nitrogens with two attached hydrogens (primary N) is 1. The van der Waals surface area contributed by atoms with Crippen LogP contribution in [0.25, 0.3) is 0 Å². The summed E-state index contributed by atoms with van der Waals surface area (Å²) in [7, 11) is 0. The number of nitrogens with zero attached hydrogens (tertiary/aromatic N) is 2. The summed E-state index contributed by atoms with van der Waals surface area (Å²) < 4.78 is 1.77. The first kappa shape index (κ1) is 15.2. The van der Waals surface area contributed by atoms with Crippen molar-refractivity contribution in [2.75, 3.05) is 13.1 Å². The molecule has 7 heteroatoms. The number of carbonyl (C=O) groups excluding carboxylic acids is 1. The van der Waals surface area contributed by atoms with E-state index >= 15 is 0 Å². The first-order valence-electron chi connectivity index (χ1n) is 6.35. The van der Waals surface area contributed by atoms with E-state index in [-0.39, 0.29) is 12.3 Å². The van der Waals surface area contributed by atoms with Gasteiger partial charge >= 0.3 is 5.97 Å². The Balaban J connectivity index is 2.18. The van der Waals surface area contributed by atoms with Crippen LogP contribution in [-0.2, 0) is 11.3 Å². The lowest BCUT2D eigenvalue weighted by molar-refractivity contribution is -0.137. The maximum atomic E-state index is 11.7. The maximum absolute atomic E-state index is 11.7. The number of carboxylic acid groups (broad SMARTS) is 1. The molecule has 0 aliphatic rings. The van der Waals surface area contributed by atoms with Crippen LogP contribution in [0.2, 0.25) is 0 Å². The van der Waals surface area contributed by atoms with Crippen molar-refractivity contribution in [2.24, 2.45) is 5.73 Å². The van der Waals surface area contributed by atoms with Crippen LogP contribution in [0, 0.1) is 0 Å². The minimum atomic E-state index is -0.783. The van der Waals surface area contributed by atoms with Gasteiger partial charge < -0.3 is 20.7 Å². The molecular formula is C12H20N4O3. The molecule has 1 aromatic rings. The molecule has 0 aromatic carbocycles. The highest BCUT2D eigenvalue weighted by Gasteiger charge is 2.08. The summed E-state index contributed by atoms with van der Waals surface area (Å²) in [6.07, 6.45) is 5.60. The molecule has 106 valence electrons. The molecule has 0 saturated carbocycles. The molecule has 0 unspecified atom stereocenters. The number of hydrogen-bond donors (Lipinski definition) is 3. The van der Waals surface area contributed by atoms with E-state index in [1.165, 1.54) is 0 Å². The Morgan fingerprint density at radius 2 is 2.16 bits per heavy atom. The number of carboxylic acids is 1. The Labute approximate surface area is 111 Å². The van der Waals surface area contributed by atoms with Gasteiger partial charge in [0.05, 0.1) is 6.33 Å². The first-order chi connectivity index (χ1) is 9.13. The van der Waals surface area contributed by atoms with Crippen molar-refractivity contribution in [3.05, 3.63) is 18.2 Å². The minimum Gasteiger partial charge on any atom is -0.481 e. The van der Waals surface area contributed by atoms with Crippen LogP contribution in [0.15, 0.2) is 12.5 Å². The Morgan fingerprint density at radius 1 is 1.37 bits per heavy atom. The number of carbonyl (C=O) groups is 2. The molecule has 0 atom stereocenters. The lowest BCUT2D eigenvalue weighted by Crippen LogP contribution is -2.24. The number of rotatable bonds is 9. The van der Waals surface area contributed by atoms with Gasteiger partial charge in [0.1, 0.15) is 5.69 Å². The van der Waals surface area contributed by atoms with Crippen molar-refractivity contribution in [2.45, 2.75) is 32.2 Å². The Morgan fingerprint density at radius 3 is 2.84 bits per heavy atom. The fraction of sp³-hybridized carbons (Fsp3) is 0.583. The van der Waals surface area contributed by atoms with Crippen molar-refractivity contribution < 1.29 is 14.7 Å². The third-order valence-electron chi connectivity index (χ3n) is 2.61. The molecule has 0 spiro atoms. The quantitative estimate of drug-likeness (QED) is 0.555. The molecule has 1 amide bonds. The summed E-state index contributed by atoms with van der Waals surface area (Å²) in [5.74, 6) is -0.997. The molecule has 0 bridgehead atoms. The van der Waals surface area contributed by atoms with Crippen LogP contribution >= 0.6 is 0 Å². The molecule has 4 N–H and O–H groups in total. The van der Waals surface area contributed by atoms with Crippen LogP contribution in [0.4, 0.5) is 0 Å². The number of aromatic nitrogens is 2. The molecular weight excluding hydrogens is 248 g/mol. The van der Waals surface area contributed by atoms with Crippen LogP contribution in [0.3, 0.4) is 0 Å². The normalized spacial score (nSPS) is 10.4. The number of hydrogen-bond acceptors (Lipinski definition) is 4. The summed E-state index contributed by atoms with van der Waals surface area (Å²) in [5.41, 5.74) is 5.78. The molecule has 0 saturated heterocycles. The van der Waals surface area contributed by atoms with Crippen LogP contribution < -0.4 is 11.1 Å². The van der Waals surface area contributed by atoms with Crippen LogP contribution in [-0.4, -0.2) is 39.6 Å². The van der Waals surface area contributed by atoms with Gasteiger partial charge in [-0.3, -0.25) is 9.59 Å². The number of aliphatic carboxylic acids is 1. The maximum Gasteiger partial charge on any atom is 0.303 e. The van der Waals surface area contributed by atoms with E-state index in [2.05, 4.69) is 10.3 Å². The highest BCUT2D eigenvalue weighted by atomic mass is 16.4. The predicted octanol–water partition coefficient (Wildman–Crippen LogP) is 0.217. The Bertz CT molecular complexity index is 417. The summed E-state index contributed by atoms with van der Waals surface area (Å²) in [4.78, 5) is 26.0. The molecule has 0 fully saturated rings. The SMILES string of the molecule is NCCn1cnc(C(=O)NCCCCCC(=O)O)c1. The van der Waals surface area contributed by atoms with Gasteiger partial charge in [0.2, 0.25) is 0 Å². The topological polar surface area (TPSA) is 110 Å². The van der Waals surface area contributed by atoms with E-state index in [1.54, 1.807) is 17.1 Å². The molecule has 1 rings (SSSR count). The Hall–Kier alpha value is -1.89. The minimum absolute atomic E-state index is 0.178. The second-order valence-electron chi connectivity index (χ2n) is 4.25. The zero-order chi connectivity index (χ0) is 14.1. The van der Waals surface area contributed by atoms with E-state index in [9.17, 15) is 9.59 Å². The average Bonchev–Trinajstić information content (AvgIpc) is 2.82. The largest absolute Gasteiger partial charge is 0.481 e. The first-order valence-corrected chi connectivity index (χ1v) is 6.35. The number of unbranched alkanes of at least 4 members (excludes halogenated alkanes) is 2. The third kappa shape index (κ3) is 6.01. The number of imidazole rings is 1. The van der Waals surface area contributed by atoms with Crippen molar-refractivity contribution in [1.29, 1.82) is 0 Å². The van der Waals surface area contributed by atoms with Crippen molar-refractivity contribution in [3.8, 4) is 0 Å². The van der Waals surface area contributed by atoms with Gasteiger partial charge in [-0.25, -0.2) is 4.98 Å². The molecule has 1 heterocycles.